The van der Waals surface area contributed by atoms with E-state index in [2.05, 4.69) is 0 Å². The van der Waals surface area contributed by atoms with Crippen molar-refractivity contribution >= 4 is 12.4 Å². The van der Waals surface area contributed by atoms with Gasteiger partial charge in [0, 0.05) is 0 Å². The highest BCUT2D eigenvalue weighted by Gasteiger charge is 2.24. The van der Waals surface area contributed by atoms with Crippen LogP contribution in [0.1, 0.15) is 12.8 Å². The molecule has 1 aliphatic carbocycles. The van der Waals surface area contributed by atoms with Crippen molar-refractivity contribution in [2.24, 2.45) is 11.7 Å². The summed E-state index contributed by atoms with van der Waals surface area (Å²) >= 11 is 0. The van der Waals surface area contributed by atoms with E-state index in [1.165, 1.54) is 0 Å². The van der Waals surface area contributed by atoms with E-state index in [0.29, 0.717) is 5.92 Å². The Balaban J connectivity index is 0.000000490. The molecule has 1 fully saturated rings. The predicted molar refractivity (Wildman–Crippen MR) is 35.0 cm³/mol. The molecule has 0 atom stereocenters. The zero-order valence-corrected chi connectivity index (χ0v) is 5.53. The number of hydrogen-bond donors (Lipinski definition) is 2. The molecule has 3 N–H and O–H groups in total. The average Bonchev–Trinajstić information content (AvgIpc) is 1.58. The lowest BCUT2D eigenvalue weighted by Crippen LogP contribution is -2.33. The fourth-order valence-corrected chi connectivity index (χ4v) is 0.893. The van der Waals surface area contributed by atoms with Gasteiger partial charge in [-0.3, -0.25) is 0 Å². The molecule has 50 valence electrons. The Kier molecular flexibility index (Phi) is 3.36. The number of halogens is 1. The summed E-state index contributed by atoms with van der Waals surface area (Å²) in [6.07, 6.45) is 1.82. The molecule has 0 amide bonds. The lowest BCUT2D eigenvalue weighted by molar-refractivity contribution is 0.0469. The van der Waals surface area contributed by atoms with E-state index in [-0.39, 0.29) is 18.5 Å². The summed E-state index contributed by atoms with van der Waals surface area (Å²) in [7, 11) is 0. The molecule has 0 aromatic carbocycles. The molecule has 0 aromatic heterocycles. The van der Waals surface area contributed by atoms with Crippen LogP contribution >= 0.6 is 12.4 Å². The van der Waals surface area contributed by atoms with Gasteiger partial charge in [0.2, 0.25) is 0 Å². The minimum Gasteiger partial charge on any atom is -0.393 e. The number of hydrogen-bond acceptors (Lipinski definition) is 2. The Morgan fingerprint density at radius 3 is 2.12 bits per heavy atom. The van der Waals surface area contributed by atoms with Crippen molar-refractivity contribution in [3.8, 4) is 0 Å². The third kappa shape index (κ3) is 1.62. The topological polar surface area (TPSA) is 46.2 Å². The van der Waals surface area contributed by atoms with Crippen molar-refractivity contribution in [2.75, 3.05) is 6.54 Å². The van der Waals surface area contributed by atoms with Crippen molar-refractivity contribution in [3.05, 3.63) is 0 Å². The summed E-state index contributed by atoms with van der Waals surface area (Å²) in [4.78, 5) is 0. The van der Waals surface area contributed by atoms with E-state index in [4.69, 9.17) is 10.8 Å². The van der Waals surface area contributed by atoms with E-state index in [1.54, 1.807) is 0 Å². The maximum atomic E-state index is 8.69. The molecule has 0 bridgehead atoms. The van der Waals surface area contributed by atoms with Crippen LogP contribution in [-0.2, 0) is 0 Å². The van der Waals surface area contributed by atoms with Gasteiger partial charge in [-0.1, -0.05) is 0 Å². The van der Waals surface area contributed by atoms with Crippen molar-refractivity contribution in [1.29, 1.82) is 0 Å². The van der Waals surface area contributed by atoms with Gasteiger partial charge in [0.05, 0.1) is 6.10 Å². The second-order valence-corrected chi connectivity index (χ2v) is 2.23. The standard InChI is InChI=1S/C5H11NO.ClH/c6-3-4-1-5(7)2-4;/h4-5,7H,1-3,6H2;1H/t4-,5-;. The highest BCUT2D eigenvalue weighted by atomic mass is 35.5. The first kappa shape index (κ1) is 8.21. The van der Waals surface area contributed by atoms with Gasteiger partial charge in [-0.25, -0.2) is 0 Å². The Labute approximate surface area is 55.5 Å². The number of aliphatic hydroxyl groups excluding tert-OH is 1. The number of aliphatic hydroxyl groups is 1. The molecule has 0 heterocycles. The first-order valence-electron chi connectivity index (χ1n) is 2.71. The third-order valence-corrected chi connectivity index (χ3v) is 1.54. The van der Waals surface area contributed by atoms with E-state index < -0.39 is 0 Å². The van der Waals surface area contributed by atoms with Crippen molar-refractivity contribution in [1.82, 2.24) is 0 Å². The maximum absolute atomic E-state index is 8.69. The SMILES string of the molecule is Cl.NC[C@H]1C[C@H](O)C1. The van der Waals surface area contributed by atoms with Crippen molar-refractivity contribution < 1.29 is 5.11 Å². The molecule has 0 spiro atoms. The first-order chi connectivity index (χ1) is 3.33. The fraction of sp³-hybridized carbons (Fsp3) is 1.00. The Hall–Kier alpha value is 0.210. The zero-order valence-electron chi connectivity index (χ0n) is 4.71. The van der Waals surface area contributed by atoms with E-state index in [9.17, 15) is 0 Å². The Morgan fingerprint density at radius 2 is 2.00 bits per heavy atom. The monoisotopic (exact) mass is 137 g/mol. The number of rotatable bonds is 1. The van der Waals surface area contributed by atoms with Gasteiger partial charge in [0.15, 0.2) is 0 Å². The van der Waals surface area contributed by atoms with Crippen LogP contribution in [0.2, 0.25) is 0 Å². The lowest BCUT2D eigenvalue weighted by Gasteiger charge is -2.29. The van der Waals surface area contributed by atoms with Gasteiger partial charge < -0.3 is 10.8 Å². The second-order valence-electron chi connectivity index (χ2n) is 2.23. The molecule has 3 heteroatoms. The molecular formula is C5H12ClNO. The van der Waals surface area contributed by atoms with Crippen LogP contribution in [0.3, 0.4) is 0 Å². The summed E-state index contributed by atoms with van der Waals surface area (Å²) in [6, 6.07) is 0. The van der Waals surface area contributed by atoms with Crippen LogP contribution in [0.4, 0.5) is 0 Å². The summed E-state index contributed by atoms with van der Waals surface area (Å²) in [5, 5.41) is 8.69. The molecule has 1 saturated carbocycles. The summed E-state index contributed by atoms with van der Waals surface area (Å²) in [5.74, 6) is 0.620. The lowest BCUT2D eigenvalue weighted by atomic mass is 9.83. The van der Waals surface area contributed by atoms with E-state index >= 15 is 0 Å². The minimum atomic E-state index is -0.0338. The maximum Gasteiger partial charge on any atom is 0.0546 e. The highest BCUT2D eigenvalue weighted by Crippen LogP contribution is 2.25. The third-order valence-electron chi connectivity index (χ3n) is 1.54. The molecule has 2 nitrogen and oxygen atoms in total. The molecule has 0 unspecified atom stereocenters. The minimum absolute atomic E-state index is 0. The largest absolute Gasteiger partial charge is 0.393 e. The van der Waals surface area contributed by atoms with Crippen LogP contribution in [0.25, 0.3) is 0 Å². The zero-order chi connectivity index (χ0) is 5.28. The van der Waals surface area contributed by atoms with Gasteiger partial charge >= 0.3 is 0 Å². The summed E-state index contributed by atoms with van der Waals surface area (Å²) < 4.78 is 0. The van der Waals surface area contributed by atoms with Gasteiger partial charge in [-0.15, -0.1) is 12.4 Å². The fourth-order valence-electron chi connectivity index (χ4n) is 0.893. The van der Waals surface area contributed by atoms with Crippen LogP contribution in [0.5, 0.6) is 0 Å². The van der Waals surface area contributed by atoms with Crippen molar-refractivity contribution in [2.45, 2.75) is 18.9 Å². The quantitative estimate of drug-likeness (QED) is 0.540. The van der Waals surface area contributed by atoms with Crippen LogP contribution in [0, 0.1) is 5.92 Å². The molecule has 0 radical (unpaired) electrons. The molecular weight excluding hydrogens is 126 g/mol. The molecule has 0 aromatic rings. The Morgan fingerprint density at radius 1 is 1.50 bits per heavy atom. The molecule has 0 aliphatic heterocycles. The van der Waals surface area contributed by atoms with E-state index in [0.717, 1.165) is 19.4 Å². The van der Waals surface area contributed by atoms with Crippen molar-refractivity contribution in [3.63, 3.8) is 0 Å². The number of nitrogens with two attached hydrogens (primary N) is 1. The van der Waals surface area contributed by atoms with Gasteiger partial charge in [-0.2, -0.15) is 0 Å². The molecule has 0 saturated heterocycles. The summed E-state index contributed by atoms with van der Waals surface area (Å²) in [5.41, 5.74) is 5.28. The predicted octanol–water partition coefficient (Wildman–Crippen LogP) is 0.138. The van der Waals surface area contributed by atoms with Crippen LogP contribution in [-0.4, -0.2) is 17.8 Å². The van der Waals surface area contributed by atoms with Gasteiger partial charge in [0.25, 0.3) is 0 Å². The average molecular weight is 138 g/mol. The normalized spacial score (nSPS) is 35.2. The van der Waals surface area contributed by atoms with Crippen LogP contribution < -0.4 is 5.73 Å². The Bertz CT molecular complexity index is 63.4. The second kappa shape index (κ2) is 3.28. The molecule has 1 aliphatic rings. The molecule has 8 heavy (non-hydrogen) atoms. The van der Waals surface area contributed by atoms with E-state index in [1.807, 2.05) is 0 Å². The summed E-state index contributed by atoms with van der Waals surface area (Å²) in [6.45, 7) is 0.747. The first-order valence-corrected chi connectivity index (χ1v) is 2.71. The highest BCUT2D eigenvalue weighted by molar-refractivity contribution is 5.85. The molecule has 1 rings (SSSR count). The smallest absolute Gasteiger partial charge is 0.0546 e. The van der Waals surface area contributed by atoms with Gasteiger partial charge in [0.1, 0.15) is 0 Å². The van der Waals surface area contributed by atoms with Crippen LogP contribution in [0.15, 0.2) is 0 Å². The van der Waals surface area contributed by atoms with Gasteiger partial charge in [-0.05, 0) is 25.3 Å².